The maximum Gasteiger partial charge on any atom is 0.282 e. The Hall–Kier alpha value is -2.90. The van der Waals surface area contributed by atoms with Gasteiger partial charge in [0.25, 0.3) is 11.6 Å². The van der Waals surface area contributed by atoms with Crippen LogP contribution in [0.5, 0.6) is 0 Å². The highest BCUT2D eigenvalue weighted by atomic mass is 16.6. The molecule has 8 heteroatoms. The van der Waals surface area contributed by atoms with Gasteiger partial charge in [0.15, 0.2) is 0 Å². The zero-order valence-electron chi connectivity index (χ0n) is 14.1. The lowest BCUT2D eigenvalue weighted by molar-refractivity contribution is -0.385. The largest absolute Gasteiger partial charge is 0.383 e. The average Bonchev–Trinajstić information content (AvgIpc) is 3.26. The fourth-order valence-corrected chi connectivity index (χ4v) is 2.97. The topological polar surface area (TPSA) is 93.3 Å². The SMILES string of the molecule is Cc1cnn(CCNc2ccc([N+](=O)[O-])c(C(=O)N3CCCC3)c2)c1. The molecular weight excluding hydrogens is 322 g/mol. The molecule has 0 saturated carbocycles. The Morgan fingerprint density at radius 2 is 2.12 bits per heavy atom. The van der Waals surface area contributed by atoms with Crippen LogP contribution >= 0.6 is 0 Å². The molecule has 1 aliphatic rings. The zero-order valence-corrected chi connectivity index (χ0v) is 14.1. The quantitative estimate of drug-likeness (QED) is 0.642. The summed E-state index contributed by atoms with van der Waals surface area (Å²) < 4.78 is 1.82. The Morgan fingerprint density at radius 3 is 2.76 bits per heavy atom. The molecule has 25 heavy (non-hydrogen) atoms. The second-order valence-corrected chi connectivity index (χ2v) is 6.20. The molecule has 2 aromatic rings. The number of carbonyl (C=O) groups is 1. The highest BCUT2D eigenvalue weighted by Gasteiger charge is 2.26. The lowest BCUT2D eigenvalue weighted by atomic mass is 10.1. The van der Waals surface area contributed by atoms with Gasteiger partial charge in [0, 0.05) is 37.6 Å². The number of rotatable bonds is 6. The van der Waals surface area contributed by atoms with Crippen molar-refractivity contribution in [2.75, 3.05) is 25.0 Å². The normalized spacial score (nSPS) is 13.9. The Kier molecular flexibility index (Phi) is 4.97. The number of amides is 1. The van der Waals surface area contributed by atoms with E-state index in [1.807, 2.05) is 17.8 Å². The molecule has 1 saturated heterocycles. The molecular formula is C17H21N5O3. The molecule has 1 aliphatic heterocycles. The molecule has 0 radical (unpaired) electrons. The molecule has 1 N–H and O–H groups in total. The van der Waals surface area contributed by atoms with E-state index in [2.05, 4.69) is 10.4 Å². The lowest BCUT2D eigenvalue weighted by Crippen LogP contribution is -2.28. The van der Waals surface area contributed by atoms with Crippen LogP contribution in [-0.4, -0.2) is 45.1 Å². The van der Waals surface area contributed by atoms with Gasteiger partial charge in [-0.25, -0.2) is 0 Å². The van der Waals surface area contributed by atoms with Crippen LogP contribution in [0, 0.1) is 17.0 Å². The van der Waals surface area contributed by atoms with E-state index in [0.717, 1.165) is 18.4 Å². The van der Waals surface area contributed by atoms with E-state index in [4.69, 9.17) is 0 Å². The zero-order chi connectivity index (χ0) is 17.8. The minimum Gasteiger partial charge on any atom is -0.383 e. The molecule has 1 fully saturated rings. The van der Waals surface area contributed by atoms with Crippen molar-refractivity contribution >= 4 is 17.3 Å². The van der Waals surface area contributed by atoms with E-state index in [9.17, 15) is 14.9 Å². The number of aryl methyl sites for hydroxylation is 1. The number of aromatic nitrogens is 2. The number of anilines is 1. The molecule has 0 atom stereocenters. The summed E-state index contributed by atoms with van der Waals surface area (Å²) in [5, 5.41) is 18.7. The maximum atomic E-state index is 12.6. The minimum atomic E-state index is -0.500. The number of nitrogens with one attached hydrogen (secondary N) is 1. The molecule has 0 spiro atoms. The molecule has 132 valence electrons. The van der Waals surface area contributed by atoms with Crippen molar-refractivity contribution in [1.29, 1.82) is 0 Å². The smallest absolute Gasteiger partial charge is 0.282 e. The Labute approximate surface area is 145 Å². The predicted molar refractivity (Wildman–Crippen MR) is 93.7 cm³/mol. The molecule has 0 unspecified atom stereocenters. The van der Waals surface area contributed by atoms with E-state index in [1.54, 1.807) is 23.2 Å². The third-order valence-corrected chi connectivity index (χ3v) is 4.25. The number of nitrogens with zero attached hydrogens (tertiary/aromatic N) is 4. The van der Waals surface area contributed by atoms with Gasteiger partial charge in [-0.05, 0) is 37.5 Å². The average molecular weight is 343 g/mol. The van der Waals surface area contributed by atoms with Crippen LogP contribution < -0.4 is 5.32 Å². The van der Waals surface area contributed by atoms with Gasteiger partial charge in [0.2, 0.25) is 0 Å². The number of likely N-dealkylation sites (tertiary alicyclic amines) is 1. The van der Waals surface area contributed by atoms with Crippen LogP contribution in [-0.2, 0) is 6.54 Å². The number of carbonyl (C=O) groups excluding carboxylic acids is 1. The predicted octanol–water partition coefficient (Wildman–Crippen LogP) is 2.45. The molecule has 0 aliphatic carbocycles. The molecule has 8 nitrogen and oxygen atoms in total. The highest BCUT2D eigenvalue weighted by Crippen LogP contribution is 2.25. The molecule has 0 bridgehead atoms. The second kappa shape index (κ2) is 7.33. The van der Waals surface area contributed by atoms with Crippen molar-refractivity contribution in [1.82, 2.24) is 14.7 Å². The second-order valence-electron chi connectivity index (χ2n) is 6.20. The number of nitro benzene ring substituents is 1. The van der Waals surface area contributed by atoms with Crippen LogP contribution in [0.4, 0.5) is 11.4 Å². The lowest BCUT2D eigenvalue weighted by Gasteiger charge is -2.16. The standard InChI is InChI=1S/C17H21N5O3/c1-13-11-19-21(12-13)9-6-18-14-4-5-16(22(24)25)15(10-14)17(23)20-7-2-3-8-20/h4-5,10-12,18H,2-3,6-9H2,1H3. The van der Waals surface area contributed by atoms with Gasteiger partial charge in [0.05, 0.1) is 17.7 Å². The summed E-state index contributed by atoms with van der Waals surface area (Å²) in [5.74, 6) is -0.268. The van der Waals surface area contributed by atoms with E-state index in [-0.39, 0.29) is 17.2 Å². The molecule has 1 amide bonds. The fourth-order valence-electron chi connectivity index (χ4n) is 2.97. The van der Waals surface area contributed by atoms with Gasteiger partial charge < -0.3 is 10.2 Å². The van der Waals surface area contributed by atoms with Crippen LogP contribution in [0.15, 0.2) is 30.6 Å². The van der Waals surface area contributed by atoms with Crippen molar-refractivity contribution in [2.45, 2.75) is 26.3 Å². The Balaban J connectivity index is 1.72. The molecule has 1 aromatic carbocycles. The van der Waals surface area contributed by atoms with Crippen LogP contribution in [0.1, 0.15) is 28.8 Å². The first-order valence-corrected chi connectivity index (χ1v) is 8.35. The van der Waals surface area contributed by atoms with E-state index in [1.165, 1.54) is 6.07 Å². The molecule has 2 heterocycles. The van der Waals surface area contributed by atoms with Gasteiger partial charge in [-0.15, -0.1) is 0 Å². The highest BCUT2D eigenvalue weighted by molar-refractivity contribution is 5.99. The van der Waals surface area contributed by atoms with E-state index < -0.39 is 4.92 Å². The number of nitro groups is 1. The van der Waals surface area contributed by atoms with Crippen molar-refractivity contribution in [3.05, 3.63) is 51.8 Å². The Bertz CT molecular complexity index is 780. The van der Waals surface area contributed by atoms with Crippen molar-refractivity contribution in [3.8, 4) is 0 Å². The summed E-state index contributed by atoms with van der Waals surface area (Å²) in [4.78, 5) is 25.0. The summed E-state index contributed by atoms with van der Waals surface area (Å²) >= 11 is 0. The number of hydrogen-bond donors (Lipinski definition) is 1. The van der Waals surface area contributed by atoms with Gasteiger partial charge >= 0.3 is 0 Å². The van der Waals surface area contributed by atoms with Gasteiger partial charge in [-0.2, -0.15) is 5.10 Å². The summed E-state index contributed by atoms with van der Waals surface area (Å²) in [7, 11) is 0. The summed E-state index contributed by atoms with van der Waals surface area (Å²) in [5.41, 5.74) is 1.78. The molecule has 1 aromatic heterocycles. The van der Waals surface area contributed by atoms with Gasteiger partial charge in [0.1, 0.15) is 5.56 Å². The Morgan fingerprint density at radius 1 is 1.36 bits per heavy atom. The maximum absolute atomic E-state index is 12.6. The first-order chi connectivity index (χ1) is 12.0. The van der Waals surface area contributed by atoms with Gasteiger partial charge in [-0.3, -0.25) is 19.6 Å². The van der Waals surface area contributed by atoms with E-state index in [0.29, 0.717) is 31.9 Å². The van der Waals surface area contributed by atoms with Crippen molar-refractivity contribution in [2.24, 2.45) is 0 Å². The van der Waals surface area contributed by atoms with Gasteiger partial charge in [-0.1, -0.05) is 0 Å². The third-order valence-electron chi connectivity index (χ3n) is 4.25. The van der Waals surface area contributed by atoms with Crippen LogP contribution in [0.3, 0.4) is 0 Å². The first kappa shape index (κ1) is 16.9. The van der Waals surface area contributed by atoms with Crippen LogP contribution in [0.2, 0.25) is 0 Å². The summed E-state index contributed by atoms with van der Waals surface area (Å²) in [6, 6.07) is 4.60. The third kappa shape index (κ3) is 3.96. The fraction of sp³-hybridized carbons (Fsp3) is 0.412. The number of hydrogen-bond acceptors (Lipinski definition) is 5. The summed E-state index contributed by atoms with van der Waals surface area (Å²) in [6.45, 7) is 4.57. The van der Waals surface area contributed by atoms with Crippen LogP contribution in [0.25, 0.3) is 0 Å². The van der Waals surface area contributed by atoms with E-state index >= 15 is 0 Å². The monoisotopic (exact) mass is 343 g/mol. The number of benzene rings is 1. The van der Waals surface area contributed by atoms with Crippen molar-refractivity contribution in [3.63, 3.8) is 0 Å². The summed E-state index contributed by atoms with van der Waals surface area (Å²) in [6.07, 6.45) is 5.63. The molecule has 3 rings (SSSR count). The first-order valence-electron chi connectivity index (χ1n) is 8.35. The van der Waals surface area contributed by atoms with Crippen molar-refractivity contribution < 1.29 is 9.72 Å². The minimum absolute atomic E-state index is 0.145.